The number of benzene rings is 1. The molecule has 0 radical (unpaired) electrons. The zero-order valence-electron chi connectivity index (χ0n) is 11.7. The third-order valence-electron chi connectivity index (χ3n) is 2.89. The van der Waals surface area contributed by atoms with Crippen molar-refractivity contribution in [3.05, 3.63) is 29.8 Å². The van der Waals surface area contributed by atoms with Gasteiger partial charge in [-0.2, -0.15) is 0 Å². The Morgan fingerprint density at radius 1 is 1.16 bits per heavy atom. The molecule has 4 nitrogen and oxygen atoms in total. The summed E-state index contributed by atoms with van der Waals surface area (Å²) in [7, 11) is 1.67. The van der Waals surface area contributed by atoms with E-state index in [1.807, 2.05) is 24.3 Å². The third kappa shape index (κ3) is 5.12. The minimum Gasteiger partial charge on any atom is -0.481 e. The molecule has 1 amide bonds. The summed E-state index contributed by atoms with van der Waals surface area (Å²) in [5, 5.41) is 8.56. The first-order valence-electron chi connectivity index (χ1n) is 6.47. The van der Waals surface area contributed by atoms with Gasteiger partial charge in [0.25, 0.3) is 0 Å². The van der Waals surface area contributed by atoms with E-state index in [9.17, 15) is 9.59 Å². The second-order valence-electron chi connectivity index (χ2n) is 5.11. The fourth-order valence-corrected chi connectivity index (χ4v) is 1.85. The fourth-order valence-electron chi connectivity index (χ4n) is 1.85. The number of carboxylic acids is 1. The van der Waals surface area contributed by atoms with Crippen molar-refractivity contribution in [2.45, 2.75) is 33.1 Å². The number of carboxylic acid groups (broad SMARTS) is 1. The van der Waals surface area contributed by atoms with Gasteiger partial charge in [-0.25, -0.2) is 0 Å². The lowest BCUT2D eigenvalue weighted by molar-refractivity contribution is -0.138. The van der Waals surface area contributed by atoms with E-state index >= 15 is 0 Å². The molecule has 0 aliphatic heterocycles. The van der Waals surface area contributed by atoms with E-state index in [2.05, 4.69) is 13.8 Å². The number of nitrogens with zero attached hydrogens (tertiary/aromatic N) is 1. The highest BCUT2D eigenvalue weighted by molar-refractivity contribution is 5.94. The van der Waals surface area contributed by atoms with Crippen LogP contribution in [0.5, 0.6) is 0 Å². The van der Waals surface area contributed by atoms with Gasteiger partial charge in [-0.1, -0.05) is 26.0 Å². The quantitative estimate of drug-likeness (QED) is 0.858. The van der Waals surface area contributed by atoms with Gasteiger partial charge in [0, 0.05) is 19.2 Å². The topological polar surface area (TPSA) is 57.6 Å². The van der Waals surface area contributed by atoms with Crippen molar-refractivity contribution in [2.24, 2.45) is 5.92 Å². The van der Waals surface area contributed by atoms with E-state index in [1.165, 1.54) is 10.5 Å². The molecular formula is C15H21NO3. The average molecular weight is 263 g/mol. The van der Waals surface area contributed by atoms with Crippen LogP contribution >= 0.6 is 0 Å². The summed E-state index contributed by atoms with van der Waals surface area (Å²) in [6, 6.07) is 7.82. The zero-order valence-corrected chi connectivity index (χ0v) is 11.7. The lowest BCUT2D eigenvalue weighted by Crippen LogP contribution is -2.26. The van der Waals surface area contributed by atoms with Crippen molar-refractivity contribution < 1.29 is 14.7 Å². The number of amides is 1. The van der Waals surface area contributed by atoms with Gasteiger partial charge in [0.2, 0.25) is 5.91 Å². The third-order valence-corrected chi connectivity index (χ3v) is 2.89. The Labute approximate surface area is 114 Å². The summed E-state index contributed by atoms with van der Waals surface area (Å²) in [6.07, 6.45) is 0.908. The molecule has 0 aliphatic rings. The van der Waals surface area contributed by atoms with Gasteiger partial charge < -0.3 is 10.0 Å². The van der Waals surface area contributed by atoms with Crippen LogP contribution in [-0.2, 0) is 16.0 Å². The molecule has 0 saturated carbocycles. The minimum atomic E-state index is -0.950. The predicted molar refractivity (Wildman–Crippen MR) is 75.3 cm³/mol. The van der Waals surface area contributed by atoms with Crippen LogP contribution in [0.2, 0.25) is 0 Å². The van der Waals surface area contributed by atoms with Gasteiger partial charge in [-0.05, 0) is 30.0 Å². The van der Waals surface area contributed by atoms with E-state index in [1.54, 1.807) is 7.05 Å². The largest absolute Gasteiger partial charge is 0.481 e. The summed E-state index contributed by atoms with van der Waals surface area (Å²) in [6.45, 7) is 4.32. The highest BCUT2D eigenvalue weighted by Gasteiger charge is 2.12. The molecule has 4 heteroatoms. The lowest BCUT2D eigenvalue weighted by atomic mass is 10.0. The first-order chi connectivity index (χ1) is 8.90. The normalized spacial score (nSPS) is 10.5. The number of rotatable bonds is 6. The van der Waals surface area contributed by atoms with Crippen molar-refractivity contribution >= 4 is 17.6 Å². The van der Waals surface area contributed by atoms with Crippen LogP contribution < -0.4 is 4.90 Å². The van der Waals surface area contributed by atoms with E-state index in [0.717, 1.165) is 12.1 Å². The van der Waals surface area contributed by atoms with Crippen LogP contribution in [0.3, 0.4) is 0 Å². The Balaban J connectivity index is 2.64. The summed E-state index contributed by atoms with van der Waals surface area (Å²) < 4.78 is 0. The van der Waals surface area contributed by atoms with Crippen molar-refractivity contribution in [3.63, 3.8) is 0 Å². The number of anilines is 1. The molecule has 0 atom stereocenters. The SMILES string of the molecule is CC(C)Cc1ccc(N(C)C(=O)CCC(=O)O)cc1. The van der Waals surface area contributed by atoms with Crippen LogP contribution in [0.25, 0.3) is 0 Å². The molecule has 0 aromatic heterocycles. The van der Waals surface area contributed by atoms with Crippen LogP contribution in [-0.4, -0.2) is 24.0 Å². The fraction of sp³-hybridized carbons (Fsp3) is 0.467. The number of hydrogen-bond donors (Lipinski definition) is 1. The second kappa shape index (κ2) is 6.92. The maximum Gasteiger partial charge on any atom is 0.303 e. The summed E-state index contributed by atoms with van der Waals surface area (Å²) >= 11 is 0. The van der Waals surface area contributed by atoms with Crippen molar-refractivity contribution in [2.75, 3.05) is 11.9 Å². The molecule has 0 bridgehead atoms. The number of carbonyl (C=O) groups excluding carboxylic acids is 1. The number of hydrogen-bond acceptors (Lipinski definition) is 2. The molecule has 0 fully saturated rings. The van der Waals surface area contributed by atoms with E-state index in [-0.39, 0.29) is 18.7 Å². The van der Waals surface area contributed by atoms with E-state index in [4.69, 9.17) is 5.11 Å². The smallest absolute Gasteiger partial charge is 0.303 e. The molecule has 1 aromatic rings. The summed E-state index contributed by atoms with van der Waals surface area (Å²) in [5.74, 6) is -0.534. The molecule has 0 unspecified atom stereocenters. The van der Waals surface area contributed by atoms with Gasteiger partial charge in [-0.3, -0.25) is 9.59 Å². The highest BCUT2D eigenvalue weighted by Crippen LogP contribution is 2.17. The molecule has 0 saturated heterocycles. The van der Waals surface area contributed by atoms with E-state index in [0.29, 0.717) is 5.92 Å². The minimum absolute atomic E-state index is 0.0274. The molecular weight excluding hydrogens is 242 g/mol. The molecule has 0 heterocycles. The maximum atomic E-state index is 11.8. The zero-order chi connectivity index (χ0) is 14.4. The highest BCUT2D eigenvalue weighted by atomic mass is 16.4. The Morgan fingerprint density at radius 3 is 2.21 bits per heavy atom. The predicted octanol–water partition coefficient (Wildman–Crippen LogP) is 2.71. The molecule has 104 valence electrons. The number of carbonyl (C=O) groups is 2. The molecule has 0 aliphatic carbocycles. The lowest BCUT2D eigenvalue weighted by Gasteiger charge is -2.17. The molecule has 1 rings (SSSR count). The Morgan fingerprint density at radius 2 is 1.74 bits per heavy atom. The molecule has 1 aromatic carbocycles. The first-order valence-corrected chi connectivity index (χ1v) is 6.47. The van der Waals surface area contributed by atoms with Crippen LogP contribution in [0.1, 0.15) is 32.3 Å². The van der Waals surface area contributed by atoms with Gasteiger partial charge in [0.1, 0.15) is 0 Å². The van der Waals surface area contributed by atoms with Crippen molar-refractivity contribution in [3.8, 4) is 0 Å². The Hall–Kier alpha value is -1.84. The Bertz CT molecular complexity index is 437. The van der Waals surface area contributed by atoms with Gasteiger partial charge in [-0.15, -0.1) is 0 Å². The summed E-state index contributed by atoms with van der Waals surface area (Å²) in [5.41, 5.74) is 2.04. The summed E-state index contributed by atoms with van der Waals surface area (Å²) in [4.78, 5) is 23.7. The van der Waals surface area contributed by atoms with Crippen LogP contribution in [0, 0.1) is 5.92 Å². The standard InChI is InChI=1S/C15H21NO3/c1-11(2)10-12-4-6-13(7-5-12)16(3)14(17)8-9-15(18)19/h4-7,11H,8-10H2,1-3H3,(H,18,19). The van der Waals surface area contributed by atoms with Crippen LogP contribution in [0.4, 0.5) is 5.69 Å². The number of aliphatic carboxylic acids is 1. The van der Waals surface area contributed by atoms with Gasteiger partial charge >= 0.3 is 5.97 Å². The van der Waals surface area contributed by atoms with Crippen molar-refractivity contribution in [1.29, 1.82) is 0 Å². The van der Waals surface area contributed by atoms with Gasteiger partial charge in [0.15, 0.2) is 0 Å². The van der Waals surface area contributed by atoms with Gasteiger partial charge in [0.05, 0.1) is 6.42 Å². The first kappa shape index (κ1) is 15.2. The Kier molecular flexibility index (Phi) is 5.55. The maximum absolute atomic E-state index is 11.8. The molecule has 0 spiro atoms. The molecule has 19 heavy (non-hydrogen) atoms. The van der Waals surface area contributed by atoms with E-state index < -0.39 is 5.97 Å². The molecule has 1 N–H and O–H groups in total. The van der Waals surface area contributed by atoms with Crippen molar-refractivity contribution in [1.82, 2.24) is 0 Å². The monoisotopic (exact) mass is 263 g/mol. The van der Waals surface area contributed by atoms with Crippen LogP contribution in [0.15, 0.2) is 24.3 Å². The average Bonchev–Trinajstić information content (AvgIpc) is 2.35. The second-order valence-corrected chi connectivity index (χ2v) is 5.11.